The van der Waals surface area contributed by atoms with Gasteiger partial charge in [0.25, 0.3) is 0 Å². The van der Waals surface area contributed by atoms with Gasteiger partial charge in [0.05, 0.1) is 21.3 Å². The number of methoxy groups -OCH3 is 3. The normalized spacial score (nSPS) is 16.7. The van der Waals surface area contributed by atoms with Gasteiger partial charge in [-0.15, -0.1) is 0 Å². The molecule has 1 aliphatic rings. The Labute approximate surface area is 143 Å². The first-order chi connectivity index (χ1) is 11.7. The Hall–Kier alpha value is -1.95. The van der Waals surface area contributed by atoms with Crippen molar-refractivity contribution < 1.29 is 19.0 Å². The molecular weight excluding hydrogens is 308 g/mol. The molecule has 2 rings (SSSR count). The minimum Gasteiger partial charge on any atom is -0.493 e. The average molecular weight is 336 g/mol. The third-order valence-electron chi connectivity index (χ3n) is 4.44. The van der Waals surface area contributed by atoms with Gasteiger partial charge in [-0.3, -0.25) is 4.79 Å². The number of benzene rings is 1. The summed E-state index contributed by atoms with van der Waals surface area (Å²) in [4.78, 5) is 12.0. The summed E-state index contributed by atoms with van der Waals surface area (Å²) in [5.41, 5.74) is 0.982. The van der Waals surface area contributed by atoms with Gasteiger partial charge >= 0.3 is 0 Å². The molecule has 2 N–H and O–H groups in total. The Morgan fingerprint density at radius 1 is 1.21 bits per heavy atom. The van der Waals surface area contributed by atoms with Gasteiger partial charge in [0, 0.05) is 18.5 Å². The number of ether oxygens (including phenoxy) is 3. The van der Waals surface area contributed by atoms with Crippen molar-refractivity contribution in [1.29, 1.82) is 0 Å². The summed E-state index contributed by atoms with van der Waals surface area (Å²) < 4.78 is 16.1. The number of nitrogens with one attached hydrogen (secondary N) is 2. The van der Waals surface area contributed by atoms with Gasteiger partial charge in [-0.25, -0.2) is 0 Å². The molecule has 1 fully saturated rings. The molecule has 1 aromatic carbocycles. The summed E-state index contributed by atoms with van der Waals surface area (Å²) in [5.74, 6) is 2.62. The summed E-state index contributed by atoms with van der Waals surface area (Å²) in [7, 11) is 4.79. The van der Waals surface area contributed by atoms with Crippen LogP contribution in [0.5, 0.6) is 17.2 Å². The maximum atomic E-state index is 12.0. The van der Waals surface area contributed by atoms with Gasteiger partial charge in [-0.2, -0.15) is 0 Å². The standard InChI is InChI=1S/C18H28N2O4/c1-22-15-6-5-14(17(23-2)18(15)24-3)9-11-20-16(21)7-4-13-8-10-19-12-13/h5-6,13,19H,4,7-12H2,1-3H3,(H,20,21). The molecule has 0 aromatic heterocycles. The second-order valence-electron chi connectivity index (χ2n) is 5.99. The van der Waals surface area contributed by atoms with Crippen LogP contribution in [0.4, 0.5) is 0 Å². The Balaban J connectivity index is 1.83. The number of carbonyl (C=O) groups excluding carboxylic acids is 1. The third kappa shape index (κ3) is 4.77. The fourth-order valence-electron chi connectivity index (χ4n) is 3.08. The fraction of sp³-hybridized carbons (Fsp3) is 0.611. The molecule has 0 radical (unpaired) electrons. The van der Waals surface area contributed by atoms with Crippen molar-refractivity contribution in [3.8, 4) is 17.2 Å². The van der Waals surface area contributed by atoms with E-state index < -0.39 is 0 Å². The molecule has 6 nitrogen and oxygen atoms in total. The minimum atomic E-state index is 0.112. The van der Waals surface area contributed by atoms with E-state index in [-0.39, 0.29) is 5.91 Å². The smallest absolute Gasteiger partial charge is 0.220 e. The predicted octanol–water partition coefficient (Wildman–Crippen LogP) is 1.76. The first kappa shape index (κ1) is 18.4. The van der Waals surface area contributed by atoms with E-state index in [1.165, 1.54) is 6.42 Å². The van der Waals surface area contributed by atoms with Crippen LogP contribution in [-0.4, -0.2) is 46.9 Å². The summed E-state index contributed by atoms with van der Waals surface area (Å²) in [6, 6.07) is 3.79. The first-order valence-electron chi connectivity index (χ1n) is 8.44. The molecule has 24 heavy (non-hydrogen) atoms. The Morgan fingerprint density at radius 2 is 2.00 bits per heavy atom. The molecule has 1 saturated heterocycles. The molecular formula is C18H28N2O4. The third-order valence-corrected chi connectivity index (χ3v) is 4.44. The van der Waals surface area contributed by atoms with Crippen molar-refractivity contribution in [1.82, 2.24) is 10.6 Å². The predicted molar refractivity (Wildman–Crippen MR) is 93.0 cm³/mol. The Bertz CT molecular complexity index is 542. The van der Waals surface area contributed by atoms with Crippen molar-refractivity contribution >= 4 is 5.91 Å². The molecule has 0 spiro atoms. The van der Waals surface area contributed by atoms with Gasteiger partial charge < -0.3 is 24.8 Å². The number of rotatable bonds is 9. The number of carbonyl (C=O) groups is 1. The molecule has 0 aliphatic carbocycles. The topological polar surface area (TPSA) is 68.8 Å². The maximum absolute atomic E-state index is 12.0. The summed E-state index contributed by atoms with van der Waals surface area (Å²) in [6.45, 7) is 2.69. The quantitative estimate of drug-likeness (QED) is 0.719. The number of hydrogen-bond donors (Lipinski definition) is 2. The van der Waals surface area contributed by atoms with Gasteiger partial charge in [-0.1, -0.05) is 6.07 Å². The zero-order valence-electron chi connectivity index (χ0n) is 14.8. The van der Waals surface area contributed by atoms with Gasteiger partial charge in [0.1, 0.15) is 0 Å². The second kappa shape index (κ2) is 9.37. The van der Waals surface area contributed by atoms with Crippen LogP contribution in [-0.2, 0) is 11.2 Å². The largest absolute Gasteiger partial charge is 0.493 e. The van der Waals surface area contributed by atoms with Crippen LogP contribution in [0.3, 0.4) is 0 Å². The van der Waals surface area contributed by atoms with Crippen molar-refractivity contribution in [2.24, 2.45) is 5.92 Å². The first-order valence-corrected chi connectivity index (χ1v) is 8.44. The number of amides is 1. The van der Waals surface area contributed by atoms with E-state index in [1.807, 2.05) is 12.1 Å². The van der Waals surface area contributed by atoms with Gasteiger partial charge in [-0.05, 0) is 44.3 Å². The highest BCUT2D eigenvalue weighted by Crippen LogP contribution is 2.39. The van der Waals surface area contributed by atoms with Crippen molar-refractivity contribution in [2.45, 2.75) is 25.7 Å². The lowest BCUT2D eigenvalue weighted by atomic mass is 10.0. The summed E-state index contributed by atoms with van der Waals surface area (Å²) in [5, 5.41) is 6.31. The van der Waals surface area contributed by atoms with Crippen LogP contribution in [0.1, 0.15) is 24.8 Å². The molecule has 1 atom stereocenters. The highest BCUT2D eigenvalue weighted by molar-refractivity contribution is 5.75. The average Bonchev–Trinajstić information content (AvgIpc) is 3.12. The Kier molecular flexibility index (Phi) is 7.18. The fourth-order valence-corrected chi connectivity index (χ4v) is 3.08. The van der Waals surface area contributed by atoms with E-state index in [0.29, 0.717) is 42.6 Å². The van der Waals surface area contributed by atoms with E-state index >= 15 is 0 Å². The Morgan fingerprint density at radius 3 is 2.62 bits per heavy atom. The van der Waals surface area contributed by atoms with Crippen molar-refractivity contribution in [3.63, 3.8) is 0 Å². The highest BCUT2D eigenvalue weighted by Gasteiger charge is 2.17. The van der Waals surface area contributed by atoms with E-state index in [4.69, 9.17) is 14.2 Å². The molecule has 1 amide bonds. The monoisotopic (exact) mass is 336 g/mol. The van der Waals surface area contributed by atoms with Crippen LogP contribution < -0.4 is 24.8 Å². The van der Waals surface area contributed by atoms with Crippen LogP contribution in [0.15, 0.2) is 12.1 Å². The summed E-state index contributed by atoms with van der Waals surface area (Å²) in [6.07, 6.45) is 3.41. The van der Waals surface area contributed by atoms with Crippen LogP contribution in [0, 0.1) is 5.92 Å². The second-order valence-corrected chi connectivity index (χ2v) is 5.99. The van der Waals surface area contributed by atoms with E-state index in [1.54, 1.807) is 21.3 Å². The minimum absolute atomic E-state index is 0.112. The van der Waals surface area contributed by atoms with Crippen LogP contribution in [0.25, 0.3) is 0 Å². The lowest BCUT2D eigenvalue weighted by molar-refractivity contribution is -0.121. The van der Waals surface area contributed by atoms with E-state index in [2.05, 4.69) is 10.6 Å². The zero-order valence-corrected chi connectivity index (χ0v) is 14.8. The molecule has 1 aromatic rings. The maximum Gasteiger partial charge on any atom is 0.220 e. The van der Waals surface area contributed by atoms with Crippen LogP contribution in [0.2, 0.25) is 0 Å². The molecule has 0 bridgehead atoms. The SMILES string of the molecule is COc1ccc(CCNC(=O)CCC2CCNC2)c(OC)c1OC. The summed E-state index contributed by atoms with van der Waals surface area (Å²) >= 11 is 0. The van der Waals surface area contributed by atoms with Crippen molar-refractivity contribution in [3.05, 3.63) is 17.7 Å². The lowest BCUT2D eigenvalue weighted by Gasteiger charge is -2.16. The molecule has 1 heterocycles. The van der Waals surface area contributed by atoms with E-state index in [0.717, 1.165) is 25.1 Å². The molecule has 0 saturated carbocycles. The highest BCUT2D eigenvalue weighted by atomic mass is 16.5. The molecule has 6 heteroatoms. The van der Waals surface area contributed by atoms with Crippen molar-refractivity contribution in [2.75, 3.05) is 41.0 Å². The van der Waals surface area contributed by atoms with Gasteiger partial charge in [0.15, 0.2) is 11.5 Å². The molecule has 134 valence electrons. The van der Waals surface area contributed by atoms with Crippen LogP contribution >= 0.6 is 0 Å². The zero-order chi connectivity index (χ0) is 17.4. The molecule has 1 aliphatic heterocycles. The lowest BCUT2D eigenvalue weighted by Crippen LogP contribution is -2.26. The van der Waals surface area contributed by atoms with Gasteiger partial charge in [0.2, 0.25) is 11.7 Å². The molecule has 1 unspecified atom stereocenters. The van der Waals surface area contributed by atoms with E-state index in [9.17, 15) is 4.79 Å². The number of hydrogen-bond acceptors (Lipinski definition) is 5.